The zero-order valence-corrected chi connectivity index (χ0v) is 17.5. The number of aliphatic hydroxyl groups is 2. The van der Waals surface area contributed by atoms with E-state index in [9.17, 15) is 38.6 Å². The molecule has 1 saturated heterocycles. The van der Waals surface area contributed by atoms with Gasteiger partial charge in [0, 0.05) is 0 Å². The van der Waals surface area contributed by atoms with Crippen molar-refractivity contribution in [1.29, 1.82) is 0 Å². The lowest BCUT2D eigenvalue weighted by Gasteiger charge is -2.33. The number of hydrogen-bond acceptors (Lipinski definition) is 16. The summed E-state index contributed by atoms with van der Waals surface area (Å²) in [6, 6.07) is 0. The fraction of sp³-hybridized carbons (Fsp3) is 0.500. The Morgan fingerprint density at radius 2 is 1.77 bits per heavy atom. The Kier molecular flexibility index (Phi) is 6.68. The summed E-state index contributed by atoms with van der Waals surface area (Å²) in [5.41, 5.74) is 5.94. The normalized spacial score (nSPS) is 30.0. The fourth-order valence-electron chi connectivity index (χ4n) is 2.61. The molecule has 5 N–H and O–H groups in total. The molecule has 0 amide bonds. The van der Waals surface area contributed by atoms with Gasteiger partial charge in [-0.15, -0.1) is 0 Å². The molecule has 31 heavy (non-hydrogen) atoms. The van der Waals surface area contributed by atoms with E-state index in [-0.39, 0.29) is 17.0 Å². The Balaban J connectivity index is 1.69. The van der Waals surface area contributed by atoms with Crippen molar-refractivity contribution in [1.82, 2.24) is 19.5 Å². The number of hydrogen-bond donors (Lipinski definition) is 4. The van der Waals surface area contributed by atoms with Gasteiger partial charge in [-0.2, -0.15) is 0 Å². The number of rotatable bonds is 8. The molecule has 1 fully saturated rings. The maximum absolute atomic E-state index is 11.6. The molecule has 0 aromatic carbocycles. The number of aromatic nitrogens is 4. The van der Waals surface area contributed by atoms with Gasteiger partial charge >= 0.3 is 0 Å². The largest absolute Gasteiger partial charge is 0.756 e. The molecule has 0 saturated carbocycles. The molecule has 3 rings (SSSR count). The Bertz CT molecular complexity index is 1100. The van der Waals surface area contributed by atoms with Gasteiger partial charge in [0.15, 0.2) is 17.7 Å². The molecule has 1 aliphatic heterocycles. The molecule has 1 aliphatic rings. The molecule has 2 aromatic rings. The molecule has 0 bridgehead atoms. The van der Waals surface area contributed by atoms with Crippen molar-refractivity contribution in [2.75, 3.05) is 12.3 Å². The van der Waals surface area contributed by atoms with Crippen LogP contribution in [0, 0.1) is 0 Å². The molecular formula is C10H13N5O13P3-3. The highest BCUT2D eigenvalue weighted by Crippen LogP contribution is 2.61. The van der Waals surface area contributed by atoms with E-state index in [1.54, 1.807) is 0 Å². The van der Waals surface area contributed by atoms with Crippen LogP contribution in [0.2, 0.25) is 0 Å². The first-order valence-corrected chi connectivity index (χ1v) is 12.3. The van der Waals surface area contributed by atoms with E-state index in [1.807, 2.05) is 0 Å². The number of anilines is 1. The van der Waals surface area contributed by atoms with Crippen LogP contribution in [0.5, 0.6) is 0 Å². The minimum absolute atomic E-state index is 0.0240. The van der Waals surface area contributed by atoms with Gasteiger partial charge in [0.05, 0.1) is 12.9 Å². The van der Waals surface area contributed by atoms with E-state index in [0.29, 0.717) is 0 Å². The predicted octanol–water partition coefficient (Wildman–Crippen LogP) is -3.52. The third-order valence-electron chi connectivity index (χ3n) is 3.80. The van der Waals surface area contributed by atoms with Crippen LogP contribution < -0.4 is 20.4 Å². The second-order valence-electron chi connectivity index (χ2n) is 5.95. The standard InChI is InChI=1S/C10H16N5O13P3/c11-8-5-9(13-2-12-8)15(3-14-5)10-7(17)6(16)4(26-10)1-25-30(21,22)28-31(23,24)27-29(18,19)20/h2-4,6-7,10,16-17H,1H2,(H,21,22)(H,23,24)(H2,11,12,13)(H2,18,19,20)/p-3/t4-,6?,7+,10-/m1/s1. The summed E-state index contributed by atoms with van der Waals surface area (Å²) in [4.78, 5) is 53.1. The zero-order valence-electron chi connectivity index (χ0n) is 14.8. The number of nitrogens with two attached hydrogens (primary N) is 1. The quantitative estimate of drug-likeness (QED) is 0.253. The average molecular weight is 504 g/mol. The van der Waals surface area contributed by atoms with Gasteiger partial charge in [0.2, 0.25) is 0 Å². The van der Waals surface area contributed by atoms with Crippen molar-refractivity contribution in [3.8, 4) is 0 Å². The average Bonchev–Trinajstić information content (AvgIpc) is 3.13. The first kappa shape index (κ1) is 24.3. The smallest absolute Gasteiger partial charge is 0.280 e. The molecule has 0 spiro atoms. The summed E-state index contributed by atoms with van der Waals surface area (Å²) in [6.45, 7) is -1.06. The van der Waals surface area contributed by atoms with Gasteiger partial charge in [-0.05, 0) is 0 Å². The van der Waals surface area contributed by atoms with Crippen molar-refractivity contribution in [3.63, 3.8) is 0 Å². The van der Waals surface area contributed by atoms with E-state index in [4.69, 9.17) is 15.4 Å². The second-order valence-corrected chi connectivity index (χ2v) is 10.2. The van der Waals surface area contributed by atoms with Crippen LogP contribution in [0.3, 0.4) is 0 Å². The highest BCUT2D eigenvalue weighted by atomic mass is 31.3. The Morgan fingerprint density at radius 1 is 1.10 bits per heavy atom. The van der Waals surface area contributed by atoms with Crippen LogP contribution in [0.1, 0.15) is 6.23 Å². The summed E-state index contributed by atoms with van der Waals surface area (Å²) < 4.78 is 50.6. The fourth-order valence-corrected chi connectivity index (χ4v) is 5.50. The number of phosphoric acid groups is 3. The lowest BCUT2D eigenvalue weighted by molar-refractivity contribution is -0.250. The van der Waals surface area contributed by atoms with Crippen LogP contribution in [0.25, 0.3) is 11.2 Å². The van der Waals surface area contributed by atoms with Crippen LogP contribution in [-0.4, -0.2) is 59.5 Å². The van der Waals surface area contributed by atoms with Gasteiger partial charge in [0.25, 0.3) is 23.5 Å². The molecule has 21 heteroatoms. The van der Waals surface area contributed by atoms with Crippen LogP contribution in [-0.2, 0) is 31.6 Å². The lowest BCUT2D eigenvalue weighted by Crippen LogP contribution is -2.34. The molecule has 18 nitrogen and oxygen atoms in total. The number of nitrogen functional groups attached to an aromatic ring is 1. The molecule has 3 heterocycles. The Hall–Kier alpha value is -1.36. The number of imidazole rings is 1. The highest BCUT2D eigenvalue weighted by Gasteiger charge is 2.45. The SMILES string of the molecule is Nc1ncnc2c1ncn2[C@@H]1O[C@H](COP(=O)([O-])OP(=O)([O-])OP(=O)([O-])O)C(O)[C@@H]1O. The Labute approximate surface area is 171 Å². The first-order chi connectivity index (χ1) is 14.2. The van der Waals surface area contributed by atoms with Crippen LogP contribution in [0.15, 0.2) is 12.7 Å². The first-order valence-electron chi connectivity index (χ1n) is 7.87. The number of aliphatic hydroxyl groups excluding tert-OH is 2. The second kappa shape index (κ2) is 8.53. The van der Waals surface area contributed by atoms with E-state index < -0.39 is 54.6 Å². The van der Waals surface area contributed by atoms with Crippen LogP contribution >= 0.6 is 23.5 Å². The van der Waals surface area contributed by atoms with Gasteiger partial charge < -0.3 is 44.8 Å². The molecule has 174 valence electrons. The van der Waals surface area contributed by atoms with Crippen molar-refractivity contribution in [2.24, 2.45) is 0 Å². The summed E-state index contributed by atoms with van der Waals surface area (Å²) in [7, 11) is -17.7. The molecule has 0 aliphatic carbocycles. The molecular weight excluding hydrogens is 491 g/mol. The molecule has 4 unspecified atom stereocenters. The van der Waals surface area contributed by atoms with E-state index in [1.165, 1.54) is 10.9 Å². The summed E-state index contributed by atoms with van der Waals surface area (Å²) in [6.07, 6.45) is -3.94. The minimum Gasteiger partial charge on any atom is -0.756 e. The van der Waals surface area contributed by atoms with Crippen molar-refractivity contribution in [3.05, 3.63) is 12.7 Å². The summed E-state index contributed by atoms with van der Waals surface area (Å²) in [5.74, 6) is 0.0240. The monoisotopic (exact) mass is 504 g/mol. The number of ether oxygens (including phenoxy) is 1. The zero-order chi connectivity index (χ0) is 23.2. The Morgan fingerprint density at radius 3 is 2.42 bits per heavy atom. The summed E-state index contributed by atoms with van der Waals surface area (Å²) >= 11 is 0. The van der Waals surface area contributed by atoms with Crippen molar-refractivity contribution >= 4 is 40.4 Å². The minimum atomic E-state index is -6.08. The maximum atomic E-state index is 11.6. The topological polar surface area (TPSA) is 288 Å². The third kappa shape index (κ3) is 5.71. The van der Waals surface area contributed by atoms with Gasteiger partial charge in [-0.3, -0.25) is 18.3 Å². The molecule has 2 aromatic heterocycles. The van der Waals surface area contributed by atoms with E-state index in [2.05, 4.69) is 28.1 Å². The maximum Gasteiger partial charge on any atom is 0.280 e. The number of phosphoric ester groups is 1. The number of fused-ring (bicyclic) bond motifs is 1. The van der Waals surface area contributed by atoms with Gasteiger partial charge in [-0.1, -0.05) is 0 Å². The highest BCUT2D eigenvalue weighted by molar-refractivity contribution is 7.65. The van der Waals surface area contributed by atoms with Crippen molar-refractivity contribution in [2.45, 2.75) is 24.5 Å². The summed E-state index contributed by atoms with van der Waals surface area (Å²) in [5, 5.41) is 20.3. The van der Waals surface area contributed by atoms with E-state index >= 15 is 0 Å². The predicted molar refractivity (Wildman–Crippen MR) is 88.8 cm³/mol. The van der Waals surface area contributed by atoms with Gasteiger partial charge in [0.1, 0.15) is 30.2 Å². The molecule has 0 radical (unpaired) electrons. The van der Waals surface area contributed by atoms with Gasteiger partial charge in [-0.25, -0.2) is 23.6 Å². The third-order valence-corrected chi connectivity index (χ3v) is 7.49. The van der Waals surface area contributed by atoms with Crippen molar-refractivity contribution < 1.29 is 61.4 Å². The number of nitrogens with zero attached hydrogens (tertiary/aromatic N) is 4. The van der Waals surface area contributed by atoms with Crippen LogP contribution in [0.4, 0.5) is 5.82 Å². The molecule has 7 atom stereocenters. The lowest BCUT2D eigenvalue weighted by atomic mass is 10.1. The van der Waals surface area contributed by atoms with E-state index in [0.717, 1.165) is 6.33 Å².